The Kier molecular flexibility index (Phi) is 19.0. The normalized spacial score (nSPS) is 10.8. The summed E-state index contributed by atoms with van der Waals surface area (Å²) in [7, 11) is 0. The van der Waals surface area contributed by atoms with Gasteiger partial charge in [0, 0.05) is 11.8 Å². The Bertz CT molecular complexity index is 231. The first-order valence-electron chi connectivity index (χ1n) is 9.52. The lowest BCUT2D eigenvalue weighted by atomic mass is 10.1. The van der Waals surface area contributed by atoms with Crippen molar-refractivity contribution in [1.29, 1.82) is 0 Å². The van der Waals surface area contributed by atoms with E-state index in [-0.39, 0.29) is 5.97 Å². The summed E-state index contributed by atoms with van der Waals surface area (Å²) in [6.45, 7) is 2.89. The van der Waals surface area contributed by atoms with Crippen molar-refractivity contribution in [3.8, 4) is 0 Å². The number of alkyl halides is 1. The van der Waals surface area contributed by atoms with E-state index in [9.17, 15) is 4.79 Å². The minimum atomic E-state index is -0.0124. The fourth-order valence-corrected chi connectivity index (χ4v) is 2.96. The first-order valence-corrected chi connectivity index (χ1v) is 10.6. The number of ether oxygens (including phenoxy) is 1. The van der Waals surface area contributed by atoms with E-state index in [0.717, 1.165) is 31.0 Å². The van der Waals surface area contributed by atoms with Crippen LogP contribution in [-0.4, -0.2) is 17.9 Å². The minimum Gasteiger partial charge on any atom is -0.466 e. The van der Waals surface area contributed by atoms with E-state index >= 15 is 0 Å². The van der Waals surface area contributed by atoms with Gasteiger partial charge >= 0.3 is 5.97 Å². The standard InChI is InChI=1S/C19H37BrO2/c1-2-3-4-5-6-7-8-9-10-11-15-18-22-19(21)16-13-12-14-17-20/h2-18H2,1H3. The molecule has 0 aromatic heterocycles. The van der Waals surface area contributed by atoms with Gasteiger partial charge in [-0.1, -0.05) is 93.5 Å². The van der Waals surface area contributed by atoms with E-state index < -0.39 is 0 Å². The molecule has 3 heteroatoms. The van der Waals surface area contributed by atoms with Gasteiger partial charge in [-0.3, -0.25) is 4.79 Å². The Balaban J connectivity index is 3.08. The van der Waals surface area contributed by atoms with Crippen LogP contribution in [0.4, 0.5) is 0 Å². The van der Waals surface area contributed by atoms with Crippen molar-refractivity contribution >= 4 is 21.9 Å². The van der Waals surface area contributed by atoms with Gasteiger partial charge in [0.1, 0.15) is 0 Å². The molecule has 0 saturated carbocycles. The van der Waals surface area contributed by atoms with Gasteiger partial charge in [-0.2, -0.15) is 0 Å². The molecule has 0 amide bonds. The summed E-state index contributed by atoms with van der Waals surface area (Å²) in [5.74, 6) is -0.0124. The summed E-state index contributed by atoms with van der Waals surface area (Å²) in [6.07, 6.45) is 18.4. The molecule has 0 radical (unpaired) electrons. The minimum absolute atomic E-state index is 0.0124. The highest BCUT2D eigenvalue weighted by Gasteiger charge is 2.02. The molecule has 0 atom stereocenters. The first kappa shape index (κ1) is 21.9. The number of unbranched alkanes of at least 4 members (excludes halogenated alkanes) is 12. The van der Waals surface area contributed by atoms with E-state index in [4.69, 9.17) is 4.74 Å². The molecule has 0 aromatic rings. The monoisotopic (exact) mass is 376 g/mol. The molecule has 0 spiro atoms. The Labute approximate surface area is 146 Å². The summed E-state index contributed by atoms with van der Waals surface area (Å²) >= 11 is 3.40. The molecule has 0 N–H and O–H groups in total. The van der Waals surface area contributed by atoms with Crippen LogP contribution in [0.2, 0.25) is 0 Å². The summed E-state index contributed by atoms with van der Waals surface area (Å²) < 4.78 is 5.25. The average molecular weight is 377 g/mol. The zero-order chi connectivity index (χ0) is 16.3. The largest absolute Gasteiger partial charge is 0.466 e. The van der Waals surface area contributed by atoms with Crippen LogP contribution >= 0.6 is 15.9 Å². The SMILES string of the molecule is CCCCCCCCCCCCCOC(=O)CCCCCBr. The Morgan fingerprint density at radius 2 is 1.23 bits per heavy atom. The topological polar surface area (TPSA) is 26.3 Å². The van der Waals surface area contributed by atoms with Crippen LogP contribution in [0.5, 0.6) is 0 Å². The molecular formula is C19H37BrO2. The van der Waals surface area contributed by atoms with Crippen molar-refractivity contribution in [2.45, 2.75) is 103 Å². The van der Waals surface area contributed by atoms with Crippen molar-refractivity contribution in [2.75, 3.05) is 11.9 Å². The third kappa shape index (κ3) is 18.0. The quantitative estimate of drug-likeness (QED) is 0.158. The Morgan fingerprint density at radius 3 is 1.77 bits per heavy atom. The van der Waals surface area contributed by atoms with Gasteiger partial charge in [-0.15, -0.1) is 0 Å². The van der Waals surface area contributed by atoms with Crippen molar-refractivity contribution in [3.63, 3.8) is 0 Å². The van der Waals surface area contributed by atoms with Crippen LogP contribution in [0, 0.1) is 0 Å². The molecule has 0 saturated heterocycles. The predicted octanol–water partition coefficient (Wildman–Crippen LogP) is 6.80. The Morgan fingerprint density at radius 1 is 0.727 bits per heavy atom. The first-order chi connectivity index (χ1) is 10.8. The van der Waals surface area contributed by atoms with Crippen LogP contribution < -0.4 is 0 Å². The van der Waals surface area contributed by atoms with E-state index in [1.165, 1.54) is 64.2 Å². The van der Waals surface area contributed by atoms with E-state index in [1.807, 2.05) is 0 Å². The second-order valence-electron chi connectivity index (χ2n) is 6.26. The molecule has 0 rings (SSSR count). The zero-order valence-corrected chi connectivity index (χ0v) is 16.3. The second kappa shape index (κ2) is 19.0. The number of rotatable bonds is 17. The summed E-state index contributed by atoms with van der Waals surface area (Å²) in [5.41, 5.74) is 0. The predicted molar refractivity (Wildman–Crippen MR) is 99.7 cm³/mol. The number of esters is 1. The molecule has 0 unspecified atom stereocenters. The van der Waals surface area contributed by atoms with Crippen molar-refractivity contribution in [3.05, 3.63) is 0 Å². The number of hydrogen-bond donors (Lipinski definition) is 0. The smallest absolute Gasteiger partial charge is 0.305 e. The molecule has 0 heterocycles. The molecule has 0 bridgehead atoms. The molecule has 22 heavy (non-hydrogen) atoms. The molecule has 2 nitrogen and oxygen atoms in total. The van der Waals surface area contributed by atoms with Gasteiger partial charge in [-0.05, 0) is 19.3 Å². The highest BCUT2D eigenvalue weighted by Crippen LogP contribution is 2.11. The third-order valence-corrected chi connectivity index (χ3v) is 4.59. The van der Waals surface area contributed by atoms with Gasteiger partial charge in [0.15, 0.2) is 0 Å². The molecule has 0 aliphatic carbocycles. The van der Waals surface area contributed by atoms with E-state index in [2.05, 4.69) is 22.9 Å². The van der Waals surface area contributed by atoms with Crippen molar-refractivity contribution < 1.29 is 9.53 Å². The molecule has 132 valence electrons. The maximum Gasteiger partial charge on any atom is 0.305 e. The van der Waals surface area contributed by atoms with E-state index in [1.54, 1.807) is 0 Å². The number of hydrogen-bond acceptors (Lipinski definition) is 2. The van der Waals surface area contributed by atoms with Crippen LogP contribution in [0.1, 0.15) is 103 Å². The van der Waals surface area contributed by atoms with Crippen LogP contribution in [0.3, 0.4) is 0 Å². The zero-order valence-electron chi connectivity index (χ0n) is 14.7. The summed E-state index contributed by atoms with van der Waals surface area (Å²) in [4.78, 5) is 11.5. The van der Waals surface area contributed by atoms with Crippen LogP contribution in [-0.2, 0) is 9.53 Å². The van der Waals surface area contributed by atoms with Gasteiger partial charge < -0.3 is 4.74 Å². The van der Waals surface area contributed by atoms with Gasteiger partial charge in [-0.25, -0.2) is 0 Å². The van der Waals surface area contributed by atoms with Gasteiger partial charge in [0.2, 0.25) is 0 Å². The number of carbonyl (C=O) groups is 1. The third-order valence-electron chi connectivity index (χ3n) is 4.03. The van der Waals surface area contributed by atoms with Crippen LogP contribution in [0.25, 0.3) is 0 Å². The molecule has 0 aliphatic rings. The lowest BCUT2D eigenvalue weighted by Gasteiger charge is -2.05. The Hall–Kier alpha value is -0.0500. The van der Waals surface area contributed by atoms with Gasteiger partial charge in [0.25, 0.3) is 0 Å². The molecule has 0 aliphatic heterocycles. The summed E-state index contributed by atoms with van der Waals surface area (Å²) in [5, 5.41) is 1.03. The molecule has 0 fully saturated rings. The van der Waals surface area contributed by atoms with Crippen LogP contribution in [0.15, 0.2) is 0 Å². The highest BCUT2D eigenvalue weighted by molar-refractivity contribution is 9.09. The maximum absolute atomic E-state index is 11.5. The lowest BCUT2D eigenvalue weighted by molar-refractivity contribution is -0.143. The number of carbonyl (C=O) groups excluding carboxylic acids is 1. The van der Waals surface area contributed by atoms with Crippen molar-refractivity contribution in [1.82, 2.24) is 0 Å². The van der Waals surface area contributed by atoms with E-state index in [0.29, 0.717) is 13.0 Å². The molecular weight excluding hydrogens is 340 g/mol. The van der Waals surface area contributed by atoms with Gasteiger partial charge in [0.05, 0.1) is 6.61 Å². The average Bonchev–Trinajstić information content (AvgIpc) is 2.52. The fraction of sp³-hybridized carbons (Fsp3) is 0.947. The van der Waals surface area contributed by atoms with Crippen molar-refractivity contribution in [2.24, 2.45) is 0 Å². The maximum atomic E-state index is 11.5. The lowest BCUT2D eigenvalue weighted by Crippen LogP contribution is -2.05. The fourth-order valence-electron chi connectivity index (χ4n) is 2.57. The second-order valence-corrected chi connectivity index (χ2v) is 7.05. The number of halogens is 1. The summed E-state index contributed by atoms with van der Waals surface area (Å²) in [6, 6.07) is 0. The molecule has 0 aromatic carbocycles. The highest BCUT2D eigenvalue weighted by atomic mass is 79.9.